The summed E-state index contributed by atoms with van der Waals surface area (Å²) < 4.78 is 1.86. The van der Waals surface area contributed by atoms with E-state index >= 15 is 0 Å². The molecule has 7 atom stereocenters. The number of halogens is 1. The largest absolute Gasteiger partial charge is 0.369 e. The zero-order valence-electron chi connectivity index (χ0n) is 28.0. The Labute approximate surface area is 282 Å². The first-order valence-corrected chi connectivity index (χ1v) is 17.8. The van der Waals surface area contributed by atoms with Crippen molar-refractivity contribution in [2.75, 3.05) is 19.6 Å². The number of guanidine groups is 1. The van der Waals surface area contributed by atoms with Crippen molar-refractivity contribution in [2.24, 2.45) is 39.8 Å². The second kappa shape index (κ2) is 12.5. The molecular formula is C37H48ClN7O2. The number of hydrogen-bond donors (Lipinski definition) is 3. The molecule has 5 fully saturated rings. The Kier molecular flexibility index (Phi) is 8.58. The number of carbonyl (C=O) groups excluding carboxylic acids is 1. The summed E-state index contributed by atoms with van der Waals surface area (Å²) in [5.41, 5.74) is 9.43. The number of amides is 1. The Morgan fingerprint density at radius 2 is 1.89 bits per heavy atom. The molecule has 10 heteroatoms. The molecule has 250 valence electrons. The summed E-state index contributed by atoms with van der Waals surface area (Å²) >= 11 is 6.10. The van der Waals surface area contributed by atoms with Crippen LogP contribution in [0.3, 0.4) is 0 Å². The molecule has 0 radical (unpaired) electrons. The number of nitrogens with one attached hydrogen (secondary N) is 2. The number of fused-ring (bicyclic) bond motifs is 3. The first kappa shape index (κ1) is 32.1. The molecule has 2 saturated heterocycles. The number of aliphatic imine (C=N–C) groups is 1. The van der Waals surface area contributed by atoms with E-state index in [4.69, 9.17) is 27.3 Å². The van der Waals surface area contributed by atoms with Gasteiger partial charge >= 0.3 is 0 Å². The first-order valence-electron chi connectivity index (χ1n) is 17.4. The number of nitrogens with two attached hydrogens (primary N) is 1. The van der Waals surface area contributed by atoms with E-state index in [2.05, 4.69) is 38.3 Å². The van der Waals surface area contributed by atoms with Gasteiger partial charge in [-0.1, -0.05) is 44.5 Å². The average molecular weight is 658 g/mol. The third-order valence-corrected chi connectivity index (χ3v) is 12.2. The fourth-order valence-corrected chi connectivity index (χ4v) is 9.68. The van der Waals surface area contributed by atoms with Crippen molar-refractivity contribution in [1.82, 2.24) is 25.1 Å². The number of carbonyl (C=O) groups is 1. The number of rotatable bonds is 6. The monoisotopic (exact) mass is 657 g/mol. The van der Waals surface area contributed by atoms with Crippen LogP contribution in [0.4, 0.5) is 5.69 Å². The van der Waals surface area contributed by atoms with Crippen molar-refractivity contribution in [3.05, 3.63) is 69.2 Å². The lowest BCUT2D eigenvalue weighted by Gasteiger charge is -2.65. The van der Waals surface area contributed by atoms with Crippen LogP contribution in [0, 0.1) is 29.1 Å². The van der Waals surface area contributed by atoms with Crippen LogP contribution in [-0.4, -0.2) is 58.0 Å². The number of piperidine rings is 1. The lowest BCUT2D eigenvalue weighted by Crippen LogP contribution is -2.69. The molecule has 1 amide bonds. The maximum absolute atomic E-state index is 14.0. The van der Waals surface area contributed by atoms with Crippen LogP contribution in [0.5, 0.6) is 0 Å². The van der Waals surface area contributed by atoms with Gasteiger partial charge in [0.2, 0.25) is 5.91 Å². The van der Waals surface area contributed by atoms with E-state index in [1.165, 1.54) is 6.42 Å². The number of hydrogen-bond acceptors (Lipinski definition) is 5. The van der Waals surface area contributed by atoms with E-state index in [0.717, 1.165) is 49.7 Å². The molecule has 8 rings (SSSR count). The van der Waals surface area contributed by atoms with Gasteiger partial charge in [-0.15, -0.1) is 0 Å². The second-order valence-electron chi connectivity index (χ2n) is 15.1. The van der Waals surface area contributed by atoms with E-state index < -0.39 is 0 Å². The van der Waals surface area contributed by atoms with Gasteiger partial charge in [-0.3, -0.25) is 14.2 Å². The smallest absolute Gasteiger partial charge is 0.261 e. The summed E-state index contributed by atoms with van der Waals surface area (Å²) in [6, 6.07) is 13.4. The summed E-state index contributed by atoms with van der Waals surface area (Å²) in [4.78, 5) is 38.9. The fourth-order valence-electron chi connectivity index (χ4n) is 9.56. The molecule has 4 N–H and O–H groups in total. The lowest BCUT2D eigenvalue weighted by atomic mass is 9.41. The van der Waals surface area contributed by atoms with E-state index in [1.807, 2.05) is 51.9 Å². The lowest BCUT2D eigenvalue weighted by molar-refractivity contribution is -0.159. The molecule has 3 heterocycles. The summed E-state index contributed by atoms with van der Waals surface area (Å²) in [7, 11) is 0. The Morgan fingerprint density at radius 3 is 2.60 bits per heavy atom. The molecule has 2 bridgehead atoms. The van der Waals surface area contributed by atoms with Crippen molar-refractivity contribution in [3.8, 4) is 0 Å². The van der Waals surface area contributed by atoms with E-state index in [9.17, 15) is 9.59 Å². The van der Waals surface area contributed by atoms with Gasteiger partial charge in [0.15, 0.2) is 5.96 Å². The fraction of sp³-hybridized carbons (Fsp3) is 0.568. The van der Waals surface area contributed by atoms with Gasteiger partial charge in [0.1, 0.15) is 12.4 Å². The first-order chi connectivity index (χ1) is 22.5. The topological polar surface area (TPSA) is 118 Å². The summed E-state index contributed by atoms with van der Waals surface area (Å²) in [6.07, 6.45) is 5.10. The van der Waals surface area contributed by atoms with Crippen LogP contribution in [-0.2, 0) is 17.8 Å². The average Bonchev–Trinajstić information content (AvgIpc) is 3.04. The van der Waals surface area contributed by atoms with Crippen LogP contribution in [0.25, 0.3) is 10.9 Å². The molecule has 9 nitrogen and oxygen atoms in total. The standard InChI is InChI=1S/C37H48ClN7O2/c1-21-16-28(30-18-29(21)37(30,3)4)33-22(2)41-32(46)20-45(33)36(39)42-26-11-12-27-31(17-26)43-34(24-6-5-14-40-19-24)44(35(27)47)15-13-23-7-9-25(38)10-8-23/h7-12,17,21-22,24,28-30,33,40H,5-6,13-16,18-20H2,1-4H3,(H2,39,42)(H,41,46)/t21-,22+,24?,28?,29+,30-,33?/m1/s1. The molecule has 2 aliphatic heterocycles. The predicted molar refractivity (Wildman–Crippen MR) is 188 cm³/mol. The van der Waals surface area contributed by atoms with Gasteiger partial charge in [-0.2, -0.15) is 0 Å². The minimum absolute atomic E-state index is 0.0356. The van der Waals surface area contributed by atoms with Gasteiger partial charge < -0.3 is 21.3 Å². The zero-order chi connectivity index (χ0) is 33.0. The molecule has 1 aromatic heterocycles. The van der Waals surface area contributed by atoms with Crippen molar-refractivity contribution in [1.29, 1.82) is 0 Å². The molecule has 3 aliphatic carbocycles. The van der Waals surface area contributed by atoms with Gasteiger partial charge in [0.05, 0.1) is 22.6 Å². The summed E-state index contributed by atoms with van der Waals surface area (Å²) in [6.45, 7) is 11.8. The zero-order valence-corrected chi connectivity index (χ0v) is 28.8. The molecule has 0 spiro atoms. The Balaban J connectivity index is 1.22. The highest BCUT2D eigenvalue weighted by Crippen LogP contribution is 2.64. The van der Waals surface area contributed by atoms with Crippen LogP contribution < -0.4 is 21.9 Å². The van der Waals surface area contributed by atoms with E-state index in [1.54, 1.807) is 0 Å². The highest BCUT2D eigenvalue weighted by molar-refractivity contribution is 6.30. The number of nitrogens with zero attached hydrogens (tertiary/aromatic N) is 4. The third-order valence-electron chi connectivity index (χ3n) is 12.0. The van der Waals surface area contributed by atoms with Crippen molar-refractivity contribution in [3.63, 3.8) is 0 Å². The minimum atomic E-state index is -0.0394. The molecule has 3 aromatic rings. The summed E-state index contributed by atoms with van der Waals surface area (Å²) in [5.74, 6) is 3.69. The maximum Gasteiger partial charge on any atom is 0.261 e. The number of benzene rings is 2. The second-order valence-corrected chi connectivity index (χ2v) is 15.6. The van der Waals surface area contributed by atoms with Gasteiger partial charge in [-0.25, -0.2) is 9.98 Å². The van der Waals surface area contributed by atoms with Crippen molar-refractivity contribution >= 4 is 40.1 Å². The Morgan fingerprint density at radius 1 is 1.11 bits per heavy atom. The molecule has 47 heavy (non-hydrogen) atoms. The van der Waals surface area contributed by atoms with E-state index in [-0.39, 0.29) is 36.0 Å². The Hall–Kier alpha value is -3.43. The van der Waals surface area contributed by atoms with Crippen LogP contribution in [0.15, 0.2) is 52.3 Å². The predicted octanol–water partition coefficient (Wildman–Crippen LogP) is 5.21. The van der Waals surface area contributed by atoms with Crippen molar-refractivity contribution in [2.45, 2.75) is 84.3 Å². The number of piperazine rings is 1. The SMILES string of the molecule is C[C@@H]1NC(=O)CN(C(N)=Nc2ccc3c(=O)n(CCc4ccc(Cl)cc4)c(C4CCCNC4)nc3c2)C1C1C[C@@H](C)[C@@H]2C[C@H]1C2(C)C. The number of aromatic nitrogens is 2. The summed E-state index contributed by atoms with van der Waals surface area (Å²) in [5, 5.41) is 7.95. The highest BCUT2D eigenvalue weighted by atomic mass is 35.5. The maximum atomic E-state index is 14.0. The Bertz CT molecular complexity index is 1750. The molecule has 3 unspecified atom stereocenters. The van der Waals surface area contributed by atoms with Gasteiger partial charge in [0, 0.05) is 30.1 Å². The van der Waals surface area contributed by atoms with Crippen LogP contribution in [0.2, 0.25) is 5.02 Å². The molecule has 2 aromatic carbocycles. The van der Waals surface area contributed by atoms with E-state index in [0.29, 0.717) is 63.7 Å². The number of aryl methyl sites for hydroxylation is 1. The molecule has 5 aliphatic rings. The van der Waals surface area contributed by atoms with Crippen molar-refractivity contribution < 1.29 is 4.79 Å². The molecule has 3 saturated carbocycles. The molecular weight excluding hydrogens is 610 g/mol. The third kappa shape index (κ3) is 5.94. The quantitative estimate of drug-likeness (QED) is 0.247. The van der Waals surface area contributed by atoms with Crippen LogP contribution >= 0.6 is 11.6 Å². The minimum Gasteiger partial charge on any atom is -0.369 e. The van der Waals surface area contributed by atoms with Gasteiger partial charge in [0.25, 0.3) is 5.56 Å². The highest BCUT2D eigenvalue weighted by Gasteiger charge is 2.60. The van der Waals surface area contributed by atoms with Gasteiger partial charge in [-0.05, 0) is 111 Å². The normalized spacial score (nSPS) is 30.6. The van der Waals surface area contributed by atoms with Crippen LogP contribution in [0.1, 0.15) is 70.7 Å².